The summed E-state index contributed by atoms with van der Waals surface area (Å²) in [6.07, 6.45) is -0.777. The molecule has 0 aliphatic heterocycles. The molecule has 2 rings (SSSR count). The summed E-state index contributed by atoms with van der Waals surface area (Å²) in [5.41, 5.74) is 3.25. The molecule has 0 aromatic heterocycles. The SMILES string of the molecule is CC(=O)c1ccc(O[C@@H](C)C(=O)NCC(=O)Nc2c(C)cccc2C)cc1. The first-order valence-electron chi connectivity index (χ1n) is 8.69. The summed E-state index contributed by atoms with van der Waals surface area (Å²) in [5, 5.41) is 5.37. The number of benzene rings is 2. The Balaban J connectivity index is 1.85. The molecule has 2 aromatic carbocycles. The number of ether oxygens (including phenoxy) is 1. The third kappa shape index (κ3) is 5.67. The van der Waals surface area contributed by atoms with Gasteiger partial charge in [0.1, 0.15) is 5.75 Å². The molecule has 27 heavy (non-hydrogen) atoms. The Labute approximate surface area is 158 Å². The lowest BCUT2D eigenvalue weighted by Crippen LogP contribution is -2.40. The van der Waals surface area contributed by atoms with Gasteiger partial charge in [0.25, 0.3) is 5.91 Å². The highest BCUT2D eigenvalue weighted by Gasteiger charge is 2.16. The van der Waals surface area contributed by atoms with E-state index in [0.717, 1.165) is 16.8 Å². The number of hydrogen-bond acceptors (Lipinski definition) is 4. The predicted molar refractivity (Wildman–Crippen MR) is 104 cm³/mol. The molecule has 142 valence electrons. The fraction of sp³-hybridized carbons (Fsp3) is 0.286. The minimum Gasteiger partial charge on any atom is -0.481 e. The number of ketones is 1. The van der Waals surface area contributed by atoms with E-state index >= 15 is 0 Å². The number of aryl methyl sites for hydroxylation is 2. The standard InChI is InChI=1S/C21H24N2O4/c1-13-6-5-7-14(2)20(13)23-19(25)12-22-21(26)16(4)27-18-10-8-17(9-11-18)15(3)24/h5-11,16H,12H2,1-4H3,(H,22,26)(H,23,25)/t16-/m0/s1. The highest BCUT2D eigenvalue weighted by Crippen LogP contribution is 2.19. The van der Waals surface area contributed by atoms with Crippen molar-refractivity contribution in [3.05, 3.63) is 59.2 Å². The second-order valence-corrected chi connectivity index (χ2v) is 6.37. The molecule has 1 atom stereocenters. The van der Waals surface area contributed by atoms with Gasteiger partial charge in [-0.25, -0.2) is 0 Å². The molecule has 0 spiro atoms. The molecular weight excluding hydrogens is 344 g/mol. The zero-order valence-electron chi connectivity index (χ0n) is 16.0. The number of carbonyl (C=O) groups is 3. The van der Waals surface area contributed by atoms with Gasteiger partial charge in [-0.1, -0.05) is 18.2 Å². The van der Waals surface area contributed by atoms with Gasteiger partial charge in [0.05, 0.1) is 6.54 Å². The van der Waals surface area contributed by atoms with Crippen LogP contribution in [0.4, 0.5) is 5.69 Å². The predicted octanol–water partition coefficient (Wildman–Crippen LogP) is 3.03. The molecule has 0 heterocycles. The Morgan fingerprint density at radius 1 is 1.00 bits per heavy atom. The Hall–Kier alpha value is -3.15. The number of para-hydroxylation sites is 1. The summed E-state index contributed by atoms with van der Waals surface area (Å²) in [6.45, 7) is 6.75. The Kier molecular flexibility index (Phi) is 6.71. The number of nitrogens with one attached hydrogen (secondary N) is 2. The van der Waals surface area contributed by atoms with Crippen molar-refractivity contribution in [3.63, 3.8) is 0 Å². The third-order valence-electron chi connectivity index (χ3n) is 4.11. The van der Waals surface area contributed by atoms with Crippen LogP contribution in [0, 0.1) is 13.8 Å². The van der Waals surface area contributed by atoms with E-state index in [1.54, 1.807) is 31.2 Å². The molecular formula is C21H24N2O4. The maximum Gasteiger partial charge on any atom is 0.261 e. The van der Waals surface area contributed by atoms with Crippen LogP contribution in [-0.2, 0) is 9.59 Å². The van der Waals surface area contributed by atoms with Crippen LogP contribution < -0.4 is 15.4 Å². The summed E-state index contributed by atoms with van der Waals surface area (Å²) in [4.78, 5) is 35.5. The van der Waals surface area contributed by atoms with Crippen molar-refractivity contribution in [2.45, 2.75) is 33.8 Å². The van der Waals surface area contributed by atoms with E-state index in [4.69, 9.17) is 4.74 Å². The largest absolute Gasteiger partial charge is 0.481 e. The van der Waals surface area contributed by atoms with Crippen LogP contribution in [0.3, 0.4) is 0 Å². The topological polar surface area (TPSA) is 84.5 Å². The number of rotatable bonds is 7. The van der Waals surface area contributed by atoms with E-state index in [1.807, 2.05) is 32.0 Å². The minimum atomic E-state index is -0.777. The van der Waals surface area contributed by atoms with E-state index < -0.39 is 12.0 Å². The molecule has 0 saturated carbocycles. The van der Waals surface area contributed by atoms with Gasteiger partial charge < -0.3 is 15.4 Å². The summed E-state index contributed by atoms with van der Waals surface area (Å²) < 4.78 is 5.54. The highest BCUT2D eigenvalue weighted by molar-refractivity contribution is 5.96. The number of Topliss-reactive ketones (excluding diaryl/α,β-unsaturated/α-hetero) is 1. The number of amides is 2. The van der Waals surface area contributed by atoms with Crippen LogP contribution in [0.5, 0.6) is 5.75 Å². The zero-order chi connectivity index (χ0) is 20.0. The number of anilines is 1. The number of hydrogen-bond donors (Lipinski definition) is 2. The fourth-order valence-electron chi connectivity index (χ4n) is 2.53. The molecule has 0 aliphatic carbocycles. The molecule has 6 nitrogen and oxygen atoms in total. The van der Waals surface area contributed by atoms with Crippen molar-refractivity contribution in [1.29, 1.82) is 0 Å². The second-order valence-electron chi connectivity index (χ2n) is 6.37. The van der Waals surface area contributed by atoms with E-state index in [9.17, 15) is 14.4 Å². The molecule has 0 saturated heterocycles. The third-order valence-corrected chi connectivity index (χ3v) is 4.11. The van der Waals surface area contributed by atoms with Crippen molar-refractivity contribution >= 4 is 23.3 Å². The average Bonchev–Trinajstić information content (AvgIpc) is 2.63. The van der Waals surface area contributed by atoms with Gasteiger partial charge in [-0.2, -0.15) is 0 Å². The van der Waals surface area contributed by atoms with Crippen molar-refractivity contribution in [1.82, 2.24) is 5.32 Å². The monoisotopic (exact) mass is 368 g/mol. The van der Waals surface area contributed by atoms with Crippen LogP contribution in [0.1, 0.15) is 35.3 Å². The van der Waals surface area contributed by atoms with Crippen molar-refractivity contribution in [2.24, 2.45) is 0 Å². The number of carbonyl (C=O) groups excluding carboxylic acids is 3. The van der Waals surface area contributed by atoms with Crippen LogP contribution >= 0.6 is 0 Å². The lowest BCUT2D eigenvalue weighted by molar-refractivity contribution is -0.129. The maximum absolute atomic E-state index is 12.1. The van der Waals surface area contributed by atoms with Crippen molar-refractivity contribution in [2.75, 3.05) is 11.9 Å². The molecule has 2 N–H and O–H groups in total. The second kappa shape index (κ2) is 8.98. The maximum atomic E-state index is 12.1. The summed E-state index contributed by atoms with van der Waals surface area (Å²) >= 11 is 0. The van der Waals surface area contributed by atoms with Crippen molar-refractivity contribution < 1.29 is 19.1 Å². The van der Waals surface area contributed by atoms with E-state index in [0.29, 0.717) is 11.3 Å². The smallest absolute Gasteiger partial charge is 0.261 e. The van der Waals surface area contributed by atoms with E-state index in [-0.39, 0.29) is 18.2 Å². The van der Waals surface area contributed by atoms with Gasteiger partial charge in [-0.05, 0) is 63.1 Å². The molecule has 0 aliphatic rings. The van der Waals surface area contributed by atoms with E-state index in [1.165, 1.54) is 6.92 Å². The highest BCUT2D eigenvalue weighted by atomic mass is 16.5. The zero-order valence-corrected chi connectivity index (χ0v) is 16.0. The van der Waals surface area contributed by atoms with Gasteiger partial charge in [-0.15, -0.1) is 0 Å². The Morgan fingerprint density at radius 2 is 1.59 bits per heavy atom. The van der Waals surface area contributed by atoms with Crippen LogP contribution in [-0.4, -0.2) is 30.2 Å². The lowest BCUT2D eigenvalue weighted by atomic mass is 10.1. The Bertz CT molecular complexity index is 824. The summed E-state index contributed by atoms with van der Waals surface area (Å²) in [6, 6.07) is 12.3. The van der Waals surface area contributed by atoms with Gasteiger partial charge in [0.15, 0.2) is 11.9 Å². The first kappa shape index (κ1) is 20.2. The molecule has 0 fully saturated rings. The quantitative estimate of drug-likeness (QED) is 0.736. The van der Waals surface area contributed by atoms with Crippen LogP contribution in [0.25, 0.3) is 0 Å². The fourth-order valence-corrected chi connectivity index (χ4v) is 2.53. The normalized spacial score (nSPS) is 11.4. The van der Waals surface area contributed by atoms with Crippen LogP contribution in [0.2, 0.25) is 0 Å². The van der Waals surface area contributed by atoms with Gasteiger partial charge >= 0.3 is 0 Å². The molecule has 0 radical (unpaired) electrons. The van der Waals surface area contributed by atoms with Crippen molar-refractivity contribution in [3.8, 4) is 5.75 Å². The molecule has 0 bridgehead atoms. The molecule has 6 heteroatoms. The first-order chi connectivity index (χ1) is 12.8. The van der Waals surface area contributed by atoms with Gasteiger partial charge in [0.2, 0.25) is 5.91 Å². The van der Waals surface area contributed by atoms with Gasteiger partial charge in [-0.3, -0.25) is 14.4 Å². The minimum absolute atomic E-state index is 0.0396. The first-order valence-corrected chi connectivity index (χ1v) is 8.69. The Morgan fingerprint density at radius 3 is 2.15 bits per heavy atom. The molecule has 2 amide bonds. The van der Waals surface area contributed by atoms with E-state index in [2.05, 4.69) is 10.6 Å². The molecule has 2 aromatic rings. The average molecular weight is 368 g/mol. The molecule has 0 unspecified atom stereocenters. The lowest BCUT2D eigenvalue weighted by Gasteiger charge is -2.15. The summed E-state index contributed by atoms with van der Waals surface area (Å²) in [7, 11) is 0. The van der Waals surface area contributed by atoms with Crippen LogP contribution in [0.15, 0.2) is 42.5 Å². The summed E-state index contributed by atoms with van der Waals surface area (Å²) in [5.74, 6) is -0.272. The van der Waals surface area contributed by atoms with Gasteiger partial charge in [0, 0.05) is 11.3 Å².